The van der Waals surface area contributed by atoms with Crippen molar-refractivity contribution in [2.45, 2.75) is 59.3 Å². The molecule has 122 valence electrons. The van der Waals surface area contributed by atoms with Crippen LogP contribution < -0.4 is 4.74 Å². The van der Waals surface area contributed by atoms with Crippen LogP contribution >= 0.6 is 0 Å². The molecule has 0 N–H and O–H groups in total. The van der Waals surface area contributed by atoms with Crippen molar-refractivity contribution in [3.63, 3.8) is 0 Å². The van der Waals surface area contributed by atoms with Gasteiger partial charge in [0.15, 0.2) is 0 Å². The molecular weight excluding hydrogens is 274 g/mol. The molecule has 1 aromatic rings. The summed E-state index contributed by atoms with van der Waals surface area (Å²) in [4.78, 5) is 14.1. The lowest BCUT2D eigenvalue weighted by Gasteiger charge is -2.20. The molecule has 0 aliphatic carbocycles. The number of aryl methyl sites for hydroxylation is 1. The van der Waals surface area contributed by atoms with Crippen molar-refractivity contribution in [1.29, 1.82) is 0 Å². The van der Waals surface area contributed by atoms with E-state index < -0.39 is 0 Å². The predicted octanol–water partition coefficient (Wildman–Crippen LogP) is 5.04. The highest BCUT2D eigenvalue weighted by Crippen LogP contribution is 2.23. The third-order valence-corrected chi connectivity index (χ3v) is 4.13. The Labute approximate surface area is 134 Å². The zero-order valence-electron chi connectivity index (χ0n) is 14.2. The zero-order chi connectivity index (χ0) is 16.0. The van der Waals surface area contributed by atoms with Gasteiger partial charge in [-0.15, -0.1) is 0 Å². The van der Waals surface area contributed by atoms with Gasteiger partial charge in [0.1, 0.15) is 5.75 Å². The molecule has 22 heavy (non-hydrogen) atoms. The average molecular weight is 303 g/mol. The van der Waals surface area contributed by atoms with Crippen LogP contribution in [-0.2, 0) is 6.42 Å². The average Bonchev–Trinajstić information content (AvgIpc) is 2.74. The molecule has 1 aliphatic heterocycles. The first kappa shape index (κ1) is 16.9. The summed E-state index contributed by atoms with van der Waals surface area (Å²) in [5.41, 5.74) is 1.55. The smallest absolute Gasteiger partial charge is 0.410 e. The summed E-state index contributed by atoms with van der Waals surface area (Å²) < 4.78 is 5.57. The summed E-state index contributed by atoms with van der Waals surface area (Å²) in [7, 11) is 0. The van der Waals surface area contributed by atoms with Crippen LogP contribution in [0.1, 0.15) is 58.4 Å². The van der Waals surface area contributed by atoms with Crippen LogP contribution in [0.25, 0.3) is 0 Å². The highest BCUT2D eigenvalue weighted by atomic mass is 16.6. The number of benzene rings is 1. The van der Waals surface area contributed by atoms with Crippen molar-refractivity contribution in [3.05, 3.63) is 29.8 Å². The van der Waals surface area contributed by atoms with E-state index in [0.717, 1.165) is 38.8 Å². The first-order valence-corrected chi connectivity index (χ1v) is 8.50. The van der Waals surface area contributed by atoms with E-state index in [1.807, 2.05) is 23.1 Å². The number of carbonyl (C=O) groups excluding carboxylic acids is 1. The zero-order valence-corrected chi connectivity index (χ0v) is 14.2. The van der Waals surface area contributed by atoms with Crippen molar-refractivity contribution < 1.29 is 9.53 Å². The van der Waals surface area contributed by atoms with Gasteiger partial charge >= 0.3 is 6.09 Å². The fourth-order valence-corrected chi connectivity index (χ4v) is 2.70. The molecule has 1 amide bonds. The quantitative estimate of drug-likeness (QED) is 0.783. The second-order valence-electron chi connectivity index (χ2n) is 7.48. The molecule has 3 heteroatoms. The van der Waals surface area contributed by atoms with E-state index in [-0.39, 0.29) is 6.09 Å². The maximum Gasteiger partial charge on any atom is 0.415 e. The van der Waals surface area contributed by atoms with Gasteiger partial charge < -0.3 is 9.64 Å². The summed E-state index contributed by atoms with van der Waals surface area (Å²) >= 11 is 0. The lowest BCUT2D eigenvalue weighted by Crippen LogP contribution is -2.34. The van der Waals surface area contributed by atoms with E-state index in [9.17, 15) is 4.79 Å². The highest BCUT2D eigenvalue weighted by Gasteiger charge is 2.17. The van der Waals surface area contributed by atoms with Crippen LogP contribution in [-0.4, -0.2) is 24.1 Å². The molecule has 0 aromatic heterocycles. The van der Waals surface area contributed by atoms with E-state index in [2.05, 4.69) is 26.8 Å². The molecule has 2 rings (SSSR count). The van der Waals surface area contributed by atoms with Gasteiger partial charge in [0.25, 0.3) is 0 Å². The van der Waals surface area contributed by atoms with Gasteiger partial charge in [0, 0.05) is 13.1 Å². The Kier molecular flexibility index (Phi) is 5.87. The first-order chi connectivity index (χ1) is 10.4. The Morgan fingerprint density at radius 1 is 1.14 bits per heavy atom. The van der Waals surface area contributed by atoms with E-state index in [1.54, 1.807) is 0 Å². The third-order valence-electron chi connectivity index (χ3n) is 4.13. The largest absolute Gasteiger partial charge is 0.415 e. The van der Waals surface area contributed by atoms with Crippen molar-refractivity contribution in [3.8, 4) is 5.75 Å². The monoisotopic (exact) mass is 303 g/mol. The fourth-order valence-electron chi connectivity index (χ4n) is 2.70. The van der Waals surface area contributed by atoms with Gasteiger partial charge in [-0.05, 0) is 48.8 Å². The van der Waals surface area contributed by atoms with Crippen LogP contribution in [0.15, 0.2) is 24.3 Å². The molecule has 0 radical (unpaired) electrons. The number of ether oxygens (including phenoxy) is 1. The van der Waals surface area contributed by atoms with E-state index in [0.29, 0.717) is 11.2 Å². The van der Waals surface area contributed by atoms with Crippen LogP contribution in [0.5, 0.6) is 5.75 Å². The van der Waals surface area contributed by atoms with Gasteiger partial charge in [-0.1, -0.05) is 45.7 Å². The molecule has 0 saturated carbocycles. The summed E-state index contributed by atoms with van der Waals surface area (Å²) in [6, 6.07) is 7.95. The van der Waals surface area contributed by atoms with Crippen molar-refractivity contribution in [1.82, 2.24) is 4.90 Å². The van der Waals surface area contributed by atoms with Gasteiger partial charge in [-0.25, -0.2) is 4.79 Å². The number of hydrogen-bond donors (Lipinski definition) is 0. The SMILES string of the molecule is CC(C)(C)CCc1cccc(OC(=O)N2CCCCCC2)c1. The molecule has 1 fully saturated rings. The number of likely N-dealkylation sites (tertiary alicyclic amines) is 1. The van der Waals surface area contributed by atoms with E-state index >= 15 is 0 Å². The fraction of sp³-hybridized carbons (Fsp3) is 0.632. The second kappa shape index (κ2) is 7.66. The third kappa shape index (κ3) is 5.70. The summed E-state index contributed by atoms with van der Waals surface area (Å²) in [5, 5.41) is 0. The minimum atomic E-state index is -0.199. The van der Waals surface area contributed by atoms with Crippen molar-refractivity contribution in [2.24, 2.45) is 5.41 Å². The number of carbonyl (C=O) groups is 1. The molecule has 1 aliphatic rings. The van der Waals surface area contributed by atoms with Crippen LogP contribution in [0, 0.1) is 5.41 Å². The van der Waals surface area contributed by atoms with Crippen LogP contribution in [0.2, 0.25) is 0 Å². The van der Waals surface area contributed by atoms with E-state index in [1.165, 1.54) is 18.4 Å². The minimum Gasteiger partial charge on any atom is -0.410 e. The maximum absolute atomic E-state index is 12.3. The molecule has 0 unspecified atom stereocenters. The Balaban J connectivity index is 1.93. The van der Waals surface area contributed by atoms with Crippen molar-refractivity contribution >= 4 is 6.09 Å². The normalized spacial score (nSPS) is 16.2. The number of nitrogens with zero attached hydrogens (tertiary/aromatic N) is 1. The Morgan fingerprint density at radius 2 is 1.82 bits per heavy atom. The lowest BCUT2D eigenvalue weighted by atomic mass is 9.89. The number of rotatable bonds is 3. The van der Waals surface area contributed by atoms with E-state index in [4.69, 9.17) is 4.74 Å². The molecule has 3 nitrogen and oxygen atoms in total. The molecule has 0 bridgehead atoms. The first-order valence-electron chi connectivity index (χ1n) is 8.50. The Morgan fingerprint density at radius 3 is 2.45 bits per heavy atom. The number of hydrogen-bond acceptors (Lipinski definition) is 2. The summed E-state index contributed by atoms with van der Waals surface area (Å²) in [6.45, 7) is 8.38. The standard InChI is InChI=1S/C19H29NO2/c1-19(2,3)12-11-16-9-8-10-17(15-16)22-18(21)20-13-6-4-5-7-14-20/h8-10,15H,4-7,11-14H2,1-3H3. The molecule has 0 spiro atoms. The molecular formula is C19H29NO2. The summed E-state index contributed by atoms with van der Waals surface area (Å²) in [5.74, 6) is 0.667. The topological polar surface area (TPSA) is 29.5 Å². The Bertz CT molecular complexity index is 482. The van der Waals surface area contributed by atoms with Gasteiger partial charge in [0.05, 0.1) is 0 Å². The summed E-state index contributed by atoms with van der Waals surface area (Å²) in [6.07, 6.45) is 6.53. The predicted molar refractivity (Wildman–Crippen MR) is 90.3 cm³/mol. The molecule has 1 aromatic carbocycles. The molecule has 1 heterocycles. The second-order valence-corrected chi connectivity index (χ2v) is 7.48. The van der Waals surface area contributed by atoms with Crippen LogP contribution in [0.3, 0.4) is 0 Å². The molecule has 1 saturated heterocycles. The highest BCUT2D eigenvalue weighted by molar-refractivity contribution is 5.70. The Hall–Kier alpha value is -1.51. The van der Waals surface area contributed by atoms with Crippen LogP contribution in [0.4, 0.5) is 4.79 Å². The van der Waals surface area contributed by atoms with Crippen molar-refractivity contribution in [2.75, 3.05) is 13.1 Å². The maximum atomic E-state index is 12.3. The van der Waals surface area contributed by atoms with Gasteiger partial charge in [-0.2, -0.15) is 0 Å². The lowest BCUT2D eigenvalue weighted by molar-refractivity contribution is 0.154. The van der Waals surface area contributed by atoms with Gasteiger partial charge in [0.2, 0.25) is 0 Å². The number of amides is 1. The minimum absolute atomic E-state index is 0.199. The molecule has 0 atom stereocenters. The van der Waals surface area contributed by atoms with Gasteiger partial charge in [-0.3, -0.25) is 0 Å².